The zero-order valence-electron chi connectivity index (χ0n) is 13.3. The Morgan fingerprint density at radius 3 is 2.33 bits per heavy atom. The van der Waals surface area contributed by atoms with E-state index in [4.69, 9.17) is 5.11 Å². The Labute approximate surface area is 125 Å². The van der Waals surface area contributed by atoms with Crippen molar-refractivity contribution in [3.63, 3.8) is 0 Å². The average Bonchev–Trinajstić information content (AvgIpc) is 2.75. The number of hydrogen-bond acceptors (Lipinski definition) is 3. The van der Waals surface area contributed by atoms with E-state index < -0.39 is 17.3 Å². The molecule has 0 aliphatic carbocycles. The highest BCUT2D eigenvalue weighted by atomic mass is 16.4. The van der Waals surface area contributed by atoms with Crippen LogP contribution >= 0.6 is 0 Å². The summed E-state index contributed by atoms with van der Waals surface area (Å²) in [4.78, 5) is 36.3. The van der Waals surface area contributed by atoms with E-state index in [1.807, 2.05) is 27.7 Å². The second-order valence-electron chi connectivity index (χ2n) is 6.83. The van der Waals surface area contributed by atoms with E-state index >= 15 is 0 Å². The molecule has 1 aliphatic heterocycles. The Morgan fingerprint density at radius 1 is 1.24 bits per heavy atom. The highest BCUT2D eigenvalue weighted by Gasteiger charge is 2.36. The highest BCUT2D eigenvalue weighted by molar-refractivity contribution is 5.81. The smallest absolute Gasteiger partial charge is 0.308 e. The van der Waals surface area contributed by atoms with Gasteiger partial charge in [-0.2, -0.15) is 0 Å². The minimum Gasteiger partial charge on any atom is -0.481 e. The van der Waals surface area contributed by atoms with E-state index in [0.717, 1.165) is 0 Å². The fourth-order valence-electron chi connectivity index (χ4n) is 2.36. The summed E-state index contributed by atoms with van der Waals surface area (Å²) in [5, 5.41) is 11.8. The third kappa shape index (κ3) is 5.02. The molecule has 0 spiro atoms. The molecule has 21 heavy (non-hydrogen) atoms. The van der Waals surface area contributed by atoms with Crippen molar-refractivity contribution in [3.05, 3.63) is 0 Å². The Hall–Kier alpha value is -1.59. The van der Waals surface area contributed by atoms with Gasteiger partial charge in [0.05, 0.1) is 5.92 Å². The first-order valence-corrected chi connectivity index (χ1v) is 7.42. The predicted octanol–water partition coefficient (Wildman–Crippen LogP) is 1.11. The fourth-order valence-corrected chi connectivity index (χ4v) is 2.36. The number of hydrogen-bond donors (Lipinski definition) is 2. The molecule has 1 rings (SSSR count). The molecule has 6 heteroatoms. The number of amides is 2. The van der Waals surface area contributed by atoms with Crippen LogP contribution in [0.5, 0.6) is 0 Å². The van der Waals surface area contributed by atoms with Crippen LogP contribution in [0.2, 0.25) is 0 Å². The molecule has 1 saturated heterocycles. The van der Waals surface area contributed by atoms with Crippen molar-refractivity contribution in [2.24, 2.45) is 17.3 Å². The van der Waals surface area contributed by atoms with Crippen molar-refractivity contribution in [1.29, 1.82) is 0 Å². The van der Waals surface area contributed by atoms with Crippen molar-refractivity contribution < 1.29 is 19.5 Å². The van der Waals surface area contributed by atoms with Gasteiger partial charge in [0.15, 0.2) is 0 Å². The maximum atomic E-state index is 12.0. The van der Waals surface area contributed by atoms with Gasteiger partial charge in [-0.1, -0.05) is 27.7 Å². The lowest BCUT2D eigenvalue weighted by Gasteiger charge is -2.18. The van der Waals surface area contributed by atoms with Crippen molar-refractivity contribution >= 4 is 17.8 Å². The molecule has 120 valence electrons. The number of nitrogens with one attached hydrogen (secondary N) is 1. The van der Waals surface area contributed by atoms with Crippen molar-refractivity contribution in [3.8, 4) is 0 Å². The molecule has 1 heterocycles. The SMILES string of the molecule is CC1CN(C(=O)CCCNC(=O)C(C)(C)C)CC1C(=O)O. The van der Waals surface area contributed by atoms with Gasteiger partial charge in [-0.05, 0) is 12.3 Å². The molecular weight excluding hydrogens is 272 g/mol. The van der Waals surface area contributed by atoms with E-state index in [1.54, 1.807) is 4.90 Å². The van der Waals surface area contributed by atoms with Gasteiger partial charge in [0.25, 0.3) is 0 Å². The minimum atomic E-state index is -0.838. The molecule has 0 aromatic carbocycles. The van der Waals surface area contributed by atoms with Gasteiger partial charge in [-0.25, -0.2) is 0 Å². The lowest BCUT2D eigenvalue weighted by atomic mass is 9.96. The van der Waals surface area contributed by atoms with Crippen LogP contribution in [0.1, 0.15) is 40.5 Å². The van der Waals surface area contributed by atoms with Crippen molar-refractivity contribution in [2.75, 3.05) is 19.6 Å². The van der Waals surface area contributed by atoms with Crippen LogP contribution in [0, 0.1) is 17.3 Å². The molecule has 1 aliphatic rings. The van der Waals surface area contributed by atoms with Crippen LogP contribution in [-0.4, -0.2) is 47.4 Å². The number of carboxylic acid groups (broad SMARTS) is 1. The van der Waals surface area contributed by atoms with E-state index in [1.165, 1.54) is 0 Å². The number of aliphatic carboxylic acids is 1. The summed E-state index contributed by atoms with van der Waals surface area (Å²) >= 11 is 0. The second kappa shape index (κ2) is 6.91. The van der Waals surface area contributed by atoms with Crippen LogP contribution in [-0.2, 0) is 14.4 Å². The third-order valence-electron chi connectivity index (χ3n) is 3.82. The standard InChI is InChI=1S/C15H26N2O4/c1-10-8-17(9-11(10)13(19)20)12(18)6-5-7-16-14(21)15(2,3)4/h10-11H,5-9H2,1-4H3,(H,16,21)(H,19,20). The molecular formula is C15H26N2O4. The van der Waals surface area contributed by atoms with E-state index in [-0.39, 0.29) is 17.7 Å². The predicted molar refractivity (Wildman–Crippen MR) is 78.6 cm³/mol. The molecule has 0 bridgehead atoms. The molecule has 2 unspecified atom stereocenters. The maximum absolute atomic E-state index is 12.0. The van der Waals surface area contributed by atoms with Gasteiger partial charge < -0.3 is 15.3 Å². The minimum absolute atomic E-state index is 0.00737. The first kappa shape index (κ1) is 17.5. The Bertz CT molecular complexity index is 414. The molecule has 0 aromatic rings. The van der Waals surface area contributed by atoms with Crippen LogP contribution in [0.4, 0.5) is 0 Å². The number of nitrogens with zero attached hydrogens (tertiary/aromatic N) is 1. The Morgan fingerprint density at radius 2 is 1.86 bits per heavy atom. The zero-order valence-corrected chi connectivity index (χ0v) is 13.3. The van der Waals surface area contributed by atoms with Gasteiger partial charge in [0, 0.05) is 31.5 Å². The molecule has 1 fully saturated rings. The van der Waals surface area contributed by atoms with Gasteiger partial charge in [0.1, 0.15) is 0 Å². The number of carbonyl (C=O) groups excluding carboxylic acids is 2. The van der Waals surface area contributed by atoms with Crippen LogP contribution in [0.25, 0.3) is 0 Å². The molecule has 2 atom stereocenters. The highest BCUT2D eigenvalue weighted by Crippen LogP contribution is 2.23. The summed E-state index contributed by atoms with van der Waals surface area (Å²) in [6.07, 6.45) is 0.909. The van der Waals surface area contributed by atoms with Gasteiger partial charge in [-0.3, -0.25) is 14.4 Å². The van der Waals surface area contributed by atoms with E-state index in [0.29, 0.717) is 32.5 Å². The monoisotopic (exact) mass is 298 g/mol. The molecule has 0 radical (unpaired) electrons. The van der Waals surface area contributed by atoms with Crippen molar-refractivity contribution in [1.82, 2.24) is 10.2 Å². The molecule has 6 nitrogen and oxygen atoms in total. The lowest BCUT2D eigenvalue weighted by Crippen LogP contribution is -2.36. The van der Waals surface area contributed by atoms with E-state index in [9.17, 15) is 14.4 Å². The van der Waals surface area contributed by atoms with E-state index in [2.05, 4.69) is 5.32 Å². The normalized spacial score (nSPS) is 22.2. The first-order valence-electron chi connectivity index (χ1n) is 7.42. The Kier molecular flexibility index (Phi) is 5.75. The Balaban J connectivity index is 2.30. The number of rotatable bonds is 5. The number of carboxylic acids is 1. The number of likely N-dealkylation sites (tertiary alicyclic amines) is 1. The van der Waals surface area contributed by atoms with Gasteiger partial charge >= 0.3 is 5.97 Å². The zero-order chi connectivity index (χ0) is 16.2. The topological polar surface area (TPSA) is 86.7 Å². The first-order chi connectivity index (χ1) is 9.62. The fraction of sp³-hybridized carbons (Fsp3) is 0.800. The van der Waals surface area contributed by atoms with Crippen LogP contribution in [0.15, 0.2) is 0 Å². The maximum Gasteiger partial charge on any atom is 0.308 e. The molecule has 2 amide bonds. The van der Waals surface area contributed by atoms with Gasteiger partial charge in [-0.15, -0.1) is 0 Å². The second-order valence-corrected chi connectivity index (χ2v) is 6.83. The molecule has 0 aromatic heterocycles. The largest absolute Gasteiger partial charge is 0.481 e. The van der Waals surface area contributed by atoms with Crippen molar-refractivity contribution in [2.45, 2.75) is 40.5 Å². The molecule has 0 saturated carbocycles. The third-order valence-corrected chi connectivity index (χ3v) is 3.82. The lowest BCUT2D eigenvalue weighted by molar-refractivity contribution is -0.142. The summed E-state index contributed by atoms with van der Waals surface area (Å²) in [6, 6.07) is 0. The van der Waals surface area contributed by atoms with Crippen LogP contribution in [0.3, 0.4) is 0 Å². The summed E-state index contributed by atoms with van der Waals surface area (Å²) in [5.74, 6) is -1.37. The summed E-state index contributed by atoms with van der Waals surface area (Å²) < 4.78 is 0. The summed E-state index contributed by atoms with van der Waals surface area (Å²) in [6.45, 7) is 8.64. The average molecular weight is 298 g/mol. The number of carbonyl (C=O) groups is 3. The van der Waals surface area contributed by atoms with Gasteiger partial charge in [0.2, 0.25) is 11.8 Å². The summed E-state index contributed by atoms with van der Waals surface area (Å²) in [7, 11) is 0. The molecule has 2 N–H and O–H groups in total. The van der Waals surface area contributed by atoms with Crippen LogP contribution < -0.4 is 5.32 Å². The quantitative estimate of drug-likeness (QED) is 0.744. The summed E-state index contributed by atoms with van der Waals surface area (Å²) in [5.41, 5.74) is -0.427.